The average Bonchev–Trinajstić information content (AvgIpc) is 3.04. The first-order valence-corrected chi connectivity index (χ1v) is 10.7. The third kappa shape index (κ3) is 4.06. The fraction of sp³-hybridized carbons (Fsp3) is 0.391. The molecule has 3 atom stereocenters. The third-order valence-electron chi connectivity index (χ3n) is 6.53. The lowest BCUT2D eigenvalue weighted by Gasteiger charge is -2.36. The Kier molecular flexibility index (Phi) is 5.32. The van der Waals surface area contributed by atoms with E-state index in [0.29, 0.717) is 35.8 Å². The summed E-state index contributed by atoms with van der Waals surface area (Å²) < 4.78 is 33.2. The van der Waals surface area contributed by atoms with Gasteiger partial charge < -0.3 is 20.1 Å². The summed E-state index contributed by atoms with van der Waals surface area (Å²) in [6.45, 7) is 0. The molecule has 4 heterocycles. The maximum Gasteiger partial charge on any atom is 0.264 e. The van der Waals surface area contributed by atoms with Gasteiger partial charge >= 0.3 is 0 Å². The zero-order chi connectivity index (χ0) is 23.2. The molecule has 10 heteroatoms. The molecule has 2 bridgehead atoms. The molecule has 2 unspecified atom stereocenters. The molecule has 2 aliphatic heterocycles. The van der Waals surface area contributed by atoms with Gasteiger partial charge in [-0.1, -0.05) is 6.07 Å². The Morgan fingerprint density at radius 3 is 2.67 bits per heavy atom. The Morgan fingerprint density at radius 1 is 1.12 bits per heavy atom. The number of hydrogen-bond donors (Lipinski definition) is 2. The maximum atomic E-state index is 14.0. The topological polar surface area (TPSA) is 96.3 Å². The number of phenols is 1. The van der Waals surface area contributed by atoms with Crippen LogP contribution in [0.5, 0.6) is 11.6 Å². The van der Waals surface area contributed by atoms with Gasteiger partial charge in [0.1, 0.15) is 11.6 Å². The summed E-state index contributed by atoms with van der Waals surface area (Å²) in [4.78, 5) is 10.9. The molecular formula is C23H24F2N6O2. The maximum absolute atomic E-state index is 14.0. The van der Waals surface area contributed by atoms with Crippen molar-refractivity contribution >= 4 is 5.82 Å². The second kappa shape index (κ2) is 8.18. The molecule has 1 aromatic carbocycles. The molecule has 0 amide bonds. The Labute approximate surface area is 189 Å². The monoisotopic (exact) mass is 454 g/mol. The van der Waals surface area contributed by atoms with Crippen molar-refractivity contribution in [2.75, 3.05) is 19.1 Å². The smallest absolute Gasteiger partial charge is 0.264 e. The summed E-state index contributed by atoms with van der Waals surface area (Å²) in [7, 11) is 3.37. The SMILES string of the molecule is COc1cc(-c2ccc(-c3cnc(N(C)[C@H]4CC5CC(F)(F)C(C4)N5)cn3)c(O)c2)cnn1. The number of methoxy groups -OCH3 is 1. The molecule has 5 rings (SSSR count). The molecule has 2 fully saturated rings. The van der Waals surface area contributed by atoms with E-state index in [0.717, 1.165) is 11.1 Å². The number of nitrogens with one attached hydrogen (secondary N) is 1. The van der Waals surface area contributed by atoms with E-state index in [-0.39, 0.29) is 24.3 Å². The second-order valence-electron chi connectivity index (χ2n) is 8.60. The van der Waals surface area contributed by atoms with Gasteiger partial charge in [0, 0.05) is 42.7 Å². The van der Waals surface area contributed by atoms with E-state index in [2.05, 4.69) is 25.5 Å². The van der Waals surface area contributed by atoms with Crippen LogP contribution in [0.3, 0.4) is 0 Å². The summed E-state index contributed by atoms with van der Waals surface area (Å²) in [5.74, 6) is -1.61. The zero-order valence-corrected chi connectivity index (χ0v) is 18.2. The number of benzene rings is 1. The van der Waals surface area contributed by atoms with Crippen molar-refractivity contribution < 1.29 is 18.6 Å². The Morgan fingerprint density at radius 2 is 1.97 bits per heavy atom. The first-order chi connectivity index (χ1) is 15.8. The van der Waals surface area contributed by atoms with Crippen LogP contribution in [0.2, 0.25) is 0 Å². The van der Waals surface area contributed by atoms with E-state index < -0.39 is 12.0 Å². The predicted molar refractivity (Wildman–Crippen MR) is 118 cm³/mol. The van der Waals surface area contributed by atoms with Crippen LogP contribution in [0, 0.1) is 0 Å². The number of hydrogen-bond acceptors (Lipinski definition) is 8. The van der Waals surface area contributed by atoms with E-state index in [9.17, 15) is 13.9 Å². The van der Waals surface area contributed by atoms with Crippen LogP contribution >= 0.6 is 0 Å². The Hall–Kier alpha value is -3.40. The largest absolute Gasteiger partial charge is 0.507 e. The van der Waals surface area contributed by atoms with Crippen molar-refractivity contribution in [3.63, 3.8) is 0 Å². The van der Waals surface area contributed by atoms with Crippen molar-refractivity contribution in [2.45, 2.75) is 43.3 Å². The number of nitrogens with zero attached hydrogens (tertiary/aromatic N) is 5. The average molecular weight is 454 g/mol. The van der Waals surface area contributed by atoms with Gasteiger partial charge in [-0.2, -0.15) is 5.10 Å². The summed E-state index contributed by atoms with van der Waals surface area (Å²) in [5, 5.41) is 21.4. The fourth-order valence-electron chi connectivity index (χ4n) is 4.70. The highest BCUT2D eigenvalue weighted by Gasteiger charge is 2.53. The number of phenolic OH excluding ortho intramolecular Hbond substituents is 1. The fourth-order valence-corrected chi connectivity index (χ4v) is 4.70. The van der Waals surface area contributed by atoms with Gasteiger partial charge in [-0.05, 0) is 30.5 Å². The summed E-state index contributed by atoms with van der Waals surface area (Å²) >= 11 is 0. The molecule has 0 saturated carbocycles. The number of aromatic nitrogens is 4. The highest BCUT2D eigenvalue weighted by atomic mass is 19.3. The first-order valence-electron chi connectivity index (χ1n) is 10.7. The molecule has 2 aromatic heterocycles. The van der Waals surface area contributed by atoms with Crippen LogP contribution in [0.1, 0.15) is 19.3 Å². The minimum atomic E-state index is -2.66. The van der Waals surface area contributed by atoms with Gasteiger partial charge in [0.05, 0.1) is 37.4 Å². The Balaban J connectivity index is 1.33. The van der Waals surface area contributed by atoms with Crippen LogP contribution in [0.15, 0.2) is 42.9 Å². The standard InChI is InChI=1S/C23H24F2N6O2/c1-31(16-7-15-9-23(24,25)20(8-16)29-15)21-12-26-18(11-27-21)17-4-3-13(5-19(17)32)14-6-22(33-2)30-28-10-14/h3-6,10-12,15-16,20,29,32H,7-9H2,1-2H3/t15?,16-,20?/m0/s1. The van der Waals surface area contributed by atoms with Gasteiger partial charge in [0.15, 0.2) is 0 Å². The Bertz CT molecular complexity index is 1160. The van der Waals surface area contributed by atoms with Crippen molar-refractivity contribution in [2.24, 2.45) is 0 Å². The van der Waals surface area contributed by atoms with E-state index in [1.807, 2.05) is 18.0 Å². The highest BCUT2D eigenvalue weighted by molar-refractivity contribution is 5.74. The number of ether oxygens (including phenoxy) is 1. The lowest BCUT2D eigenvalue weighted by molar-refractivity contribution is -0.0128. The number of piperidine rings is 1. The number of aromatic hydroxyl groups is 1. The molecule has 8 nitrogen and oxygen atoms in total. The van der Waals surface area contributed by atoms with Gasteiger partial charge in [0.25, 0.3) is 5.92 Å². The van der Waals surface area contributed by atoms with Gasteiger partial charge in [-0.15, -0.1) is 5.10 Å². The van der Waals surface area contributed by atoms with Crippen LogP contribution in [0.4, 0.5) is 14.6 Å². The summed E-state index contributed by atoms with van der Waals surface area (Å²) in [5.41, 5.74) is 2.56. The van der Waals surface area contributed by atoms with E-state index in [1.165, 1.54) is 7.11 Å². The van der Waals surface area contributed by atoms with Crippen molar-refractivity contribution in [1.29, 1.82) is 0 Å². The second-order valence-corrected chi connectivity index (χ2v) is 8.60. The molecule has 172 valence electrons. The van der Waals surface area contributed by atoms with Crippen LogP contribution in [-0.2, 0) is 0 Å². The number of fused-ring (bicyclic) bond motifs is 2. The van der Waals surface area contributed by atoms with Gasteiger partial charge in [-0.25, -0.2) is 13.8 Å². The number of halogens is 2. The van der Waals surface area contributed by atoms with E-state index in [1.54, 1.807) is 36.8 Å². The minimum absolute atomic E-state index is 0.0339. The van der Waals surface area contributed by atoms with Crippen molar-refractivity contribution in [1.82, 2.24) is 25.5 Å². The predicted octanol–water partition coefficient (Wildman–Crippen LogP) is 3.28. The van der Waals surface area contributed by atoms with Crippen molar-refractivity contribution in [3.05, 3.63) is 42.9 Å². The minimum Gasteiger partial charge on any atom is -0.507 e. The van der Waals surface area contributed by atoms with E-state index >= 15 is 0 Å². The molecule has 33 heavy (non-hydrogen) atoms. The molecule has 0 aliphatic carbocycles. The van der Waals surface area contributed by atoms with Crippen LogP contribution in [-0.4, -0.2) is 63.5 Å². The molecule has 2 saturated heterocycles. The molecule has 2 aliphatic rings. The van der Waals surface area contributed by atoms with Crippen molar-refractivity contribution in [3.8, 4) is 34.0 Å². The number of anilines is 1. The van der Waals surface area contributed by atoms with Gasteiger partial charge in [-0.3, -0.25) is 4.98 Å². The summed E-state index contributed by atoms with van der Waals surface area (Å²) in [6.07, 6.45) is 5.68. The molecule has 3 aromatic rings. The van der Waals surface area contributed by atoms with Gasteiger partial charge in [0.2, 0.25) is 5.88 Å². The van der Waals surface area contributed by atoms with Crippen LogP contribution in [0.25, 0.3) is 22.4 Å². The lowest BCUT2D eigenvalue weighted by Crippen LogP contribution is -2.49. The molecule has 2 N–H and O–H groups in total. The molecule has 0 radical (unpaired) electrons. The molecule has 0 spiro atoms. The lowest BCUT2D eigenvalue weighted by atomic mass is 9.98. The van der Waals surface area contributed by atoms with E-state index in [4.69, 9.17) is 4.74 Å². The zero-order valence-electron chi connectivity index (χ0n) is 18.2. The number of rotatable bonds is 5. The number of alkyl halides is 2. The van der Waals surface area contributed by atoms with Crippen LogP contribution < -0.4 is 15.0 Å². The highest BCUT2D eigenvalue weighted by Crippen LogP contribution is 2.41. The normalized spacial score (nSPS) is 23.3. The first kappa shape index (κ1) is 21.4. The third-order valence-corrected chi connectivity index (χ3v) is 6.53. The molecular weight excluding hydrogens is 430 g/mol. The quantitative estimate of drug-likeness (QED) is 0.607. The summed E-state index contributed by atoms with van der Waals surface area (Å²) in [6, 6.07) is 5.96.